The summed E-state index contributed by atoms with van der Waals surface area (Å²) >= 11 is 0. The van der Waals surface area contributed by atoms with Gasteiger partial charge in [0.25, 0.3) is 0 Å². The molecule has 0 aromatic heterocycles. The van der Waals surface area contributed by atoms with Crippen molar-refractivity contribution in [3.8, 4) is 5.75 Å². The van der Waals surface area contributed by atoms with E-state index in [0.29, 0.717) is 5.75 Å². The molecule has 3 heteroatoms. The van der Waals surface area contributed by atoms with Gasteiger partial charge in [-0.2, -0.15) is 0 Å². The SMILES string of the molecule is CC[Si](CC)(CC)c1cccc(OC)c1F. The lowest BCUT2D eigenvalue weighted by Crippen LogP contribution is -2.47. The van der Waals surface area contributed by atoms with Crippen LogP contribution in [-0.4, -0.2) is 15.2 Å². The molecule has 0 aliphatic carbocycles. The van der Waals surface area contributed by atoms with Gasteiger partial charge >= 0.3 is 0 Å². The Balaban J connectivity index is 3.30. The van der Waals surface area contributed by atoms with Gasteiger partial charge in [0.1, 0.15) is 0 Å². The Bertz CT molecular complexity index is 340. The molecule has 0 radical (unpaired) electrons. The summed E-state index contributed by atoms with van der Waals surface area (Å²) in [4.78, 5) is 0. The van der Waals surface area contributed by atoms with E-state index < -0.39 is 8.07 Å². The Kier molecular flexibility index (Phi) is 4.53. The minimum absolute atomic E-state index is 0.137. The van der Waals surface area contributed by atoms with Crippen LogP contribution in [-0.2, 0) is 0 Å². The summed E-state index contributed by atoms with van der Waals surface area (Å²) in [6.07, 6.45) is 0. The normalized spacial score (nSPS) is 11.6. The van der Waals surface area contributed by atoms with Gasteiger partial charge in [-0.1, -0.05) is 51.0 Å². The van der Waals surface area contributed by atoms with Crippen molar-refractivity contribution in [1.29, 1.82) is 0 Å². The highest BCUT2D eigenvalue weighted by Crippen LogP contribution is 2.24. The van der Waals surface area contributed by atoms with Crippen LogP contribution >= 0.6 is 0 Å². The highest BCUT2D eigenvalue weighted by atomic mass is 28.3. The topological polar surface area (TPSA) is 9.23 Å². The zero-order valence-electron chi connectivity index (χ0n) is 10.6. The number of hydrogen-bond acceptors (Lipinski definition) is 1. The van der Waals surface area contributed by atoms with E-state index in [2.05, 4.69) is 20.8 Å². The molecule has 1 aromatic carbocycles. The van der Waals surface area contributed by atoms with E-state index in [0.717, 1.165) is 23.3 Å². The minimum atomic E-state index is -1.64. The first kappa shape index (κ1) is 13.2. The maximum atomic E-state index is 14.2. The fraction of sp³-hybridized carbons (Fsp3) is 0.538. The Hall–Kier alpha value is -0.833. The van der Waals surface area contributed by atoms with Crippen molar-refractivity contribution in [3.63, 3.8) is 0 Å². The third-order valence-electron chi connectivity index (χ3n) is 3.78. The highest BCUT2D eigenvalue weighted by Gasteiger charge is 2.32. The van der Waals surface area contributed by atoms with Gasteiger partial charge in [0.2, 0.25) is 0 Å². The summed E-state index contributed by atoms with van der Waals surface area (Å²) in [5.41, 5.74) is 0. The number of halogens is 1. The maximum absolute atomic E-state index is 14.2. The zero-order chi connectivity index (χ0) is 12.2. The molecule has 0 spiro atoms. The van der Waals surface area contributed by atoms with Crippen molar-refractivity contribution in [3.05, 3.63) is 24.0 Å². The molecule has 0 aliphatic heterocycles. The van der Waals surface area contributed by atoms with Crippen LogP contribution in [0.5, 0.6) is 5.75 Å². The lowest BCUT2D eigenvalue weighted by molar-refractivity contribution is 0.388. The molecule has 0 N–H and O–H groups in total. The van der Waals surface area contributed by atoms with Crippen LogP contribution in [0.4, 0.5) is 4.39 Å². The molecule has 0 unspecified atom stereocenters. The monoisotopic (exact) mass is 240 g/mol. The van der Waals surface area contributed by atoms with E-state index in [1.54, 1.807) is 6.07 Å². The molecular formula is C13H21FOSi. The average Bonchev–Trinajstić information content (AvgIpc) is 2.34. The largest absolute Gasteiger partial charge is 0.494 e. The van der Waals surface area contributed by atoms with Gasteiger partial charge in [0.05, 0.1) is 15.2 Å². The molecule has 0 saturated carbocycles. The summed E-state index contributed by atoms with van der Waals surface area (Å²) in [5.74, 6) is 0.243. The summed E-state index contributed by atoms with van der Waals surface area (Å²) in [7, 11) is -0.118. The lowest BCUT2D eigenvalue weighted by atomic mass is 10.3. The van der Waals surface area contributed by atoms with Crippen molar-refractivity contribution in [2.75, 3.05) is 7.11 Å². The second-order valence-electron chi connectivity index (χ2n) is 4.16. The summed E-state index contributed by atoms with van der Waals surface area (Å²) in [6.45, 7) is 6.54. The van der Waals surface area contributed by atoms with E-state index in [1.807, 2.05) is 12.1 Å². The number of benzene rings is 1. The molecular weight excluding hydrogens is 219 g/mol. The second kappa shape index (κ2) is 5.48. The first-order valence-corrected chi connectivity index (χ1v) is 8.60. The minimum Gasteiger partial charge on any atom is -0.494 e. The van der Waals surface area contributed by atoms with Gasteiger partial charge in [-0.05, 0) is 11.3 Å². The van der Waals surface area contributed by atoms with Gasteiger partial charge in [-0.15, -0.1) is 0 Å². The average molecular weight is 240 g/mol. The lowest BCUT2D eigenvalue weighted by Gasteiger charge is -2.29. The molecule has 0 fully saturated rings. The number of ether oxygens (including phenoxy) is 1. The van der Waals surface area contributed by atoms with Crippen molar-refractivity contribution in [1.82, 2.24) is 0 Å². The number of rotatable bonds is 5. The van der Waals surface area contributed by atoms with E-state index in [-0.39, 0.29) is 5.82 Å². The standard InChI is InChI=1S/C13H21FOSi/c1-5-16(6-2,7-3)12-10-8-9-11(15-4)13(12)14/h8-10H,5-7H2,1-4H3. The van der Waals surface area contributed by atoms with Crippen LogP contribution in [0.2, 0.25) is 18.1 Å². The van der Waals surface area contributed by atoms with Crippen LogP contribution in [0.1, 0.15) is 20.8 Å². The zero-order valence-corrected chi connectivity index (χ0v) is 11.6. The molecule has 90 valence electrons. The van der Waals surface area contributed by atoms with Gasteiger partial charge in [-0.25, -0.2) is 4.39 Å². The van der Waals surface area contributed by atoms with Gasteiger partial charge in [-0.3, -0.25) is 0 Å². The Morgan fingerprint density at radius 3 is 2.12 bits per heavy atom. The highest BCUT2D eigenvalue weighted by molar-refractivity contribution is 6.91. The molecule has 0 saturated heterocycles. The quantitative estimate of drug-likeness (QED) is 0.715. The van der Waals surface area contributed by atoms with Crippen molar-refractivity contribution >= 4 is 13.3 Å². The van der Waals surface area contributed by atoms with Crippen molar-refractivity contribution in [2.45, 2.75) is 38.9 Å². The molecule has 0 bridgehead atoms. The van der Waals surface area contributed by atoms with Gasteiger partial charge in [0.15, 0.2) is 11.6 Å². The summed E-state index contributed by atoms with van der Waals surface area (Å²) in [6, 6.07) is 8.80. The van der Waals surface area contributed by atoms with E-state index in [1.165, 1.54) is 7.11 Å². The van der Waals surface area contributed by atoms with Crippen LogP contribution in [0.3, 0.4) is 0 Å². The van der Waals surface area contributed by atoms with Crippen LogP contribution in [0.15, 0.2) is 18.2 Å². The number of hydrogen-bond donors (Lipinski definition) is 0. The smallest absolute Gasteiger partial charge is 0.164 e. The van der Waals surface area contributed by atoms with E-state index in [4.69, 9.17) is 4.74 Å². The van der Waals surface area contributed by atoms with Gasteiger partial charge < -0.3 is 4.74 Å². The predicted octanol–water partition coefficient (Wildman–Crippen LogP) is 3.55. The summed E-state index contributed by atoms with van der Waals surface area (Å²) in [5, 5.41) is 0.930. The van der Waals surface area contributed by atoms with Crippen molar-refractivity contribution < 1.29 is 9.13 Å². The molecule has 0 heterocycles. The van der Waals surface area contributed by atoms with Crippen molar-refractivity contribution in [2.24, 2.45) is 0 Å². The molecule has 0 aliphatic rings. The molecule has 1 rings (SSSR count). The first-order chi connectivity index (χ1) is 7.65. The molecule has 16 heavy (non-hydrogen) atoms. The van der Waals surface area contributed by atoms with Crippen LogP contribution in [0, 0.1) is 5.82 Å². The van der Waals surface area contributed by atoms with E-state index >= 15 is 0 Å². The predicted molar refractivity (Wildman–Crippen MR) is 69.8 cm³/mol. The summed E-state index contributed by atoms with van der Waals surface area (Å²) < 4.78 is 19.3. The van der Waals surface area contributed by atoms with E-state index in [9.17, 15) is 4.39 Å². The van der Waals surface area contributed by atoms with Gasteiger partial charge in [0, 0.05) is 0 Å². The molecule has 1 aromatic rings. The fourth-order valence-electron chi connectivity index (χ4n) is 2.40. The van der Waals surface area contributed by atoms with Crippen LogP contribution < -0.4 is 9.92 Å². The fourth-order valence-corrected chi connectivity index (χ4v) is 6.08. The second-order valence-corrected chi connectivity index (χ2v) is 9.38. The maximum Gasteiger partial charge on any atom is 0.164 e. The third kappa shape index (κ3) is 2.14. The molecule has 1 nitrogen and oxygen atoms in total. The molecule has 0 atom stereocenters. The first-order valence-electron chi connectivity index (χ1n) is 5.98. The molecule has 0 amide bonds. The Morgan fingerprint density at radius 1 is 1.12 bits per heavy atom. The third-order valence-corrected chi connectivity index (χ3v) is 9.37. The number of methoxy groups -OCH3 is 1. The van der Waals surface area contributed by atoms with Crippen LogP contribution in [0.25, 0.3) is 0 Å². The Morgan fingerprint density at radius 2 is 1.69 bits per heavy atom. The Labute approximate surface area is 98.6 Å².